The van der Waals surface area contributed by atoms with Crippen LogP contribution >= 0.6 is 0 Å². The number of nitrogens with one attached hydrogen (secondary N) is 3. The van der Waals surface area contributed by atoms with Crippen LogP contribution in [0.25, 0.3) is 21.9 Å². The number of para-hydroxylation sites is 2. The first-order valence-corrected chi connectivity index (χ1v) is 13.0. The molecule has 0 fully saturated rings. The summed E-state index contributed by atoms with van der Waals surface area (Å²) in [5.41, 5.74) is -0.442. The van der Waals surface area contributed by atoms with Gasteiger partial charge in [-0.25, -0.2) is 13.2 Å². The second-order valence-corrected chi connectivity index (χ2v) is 10.1. The van der Waals surface area contributed by atoms with Gasteiger partial charge in [-0.05, 0) is 49.2 Å². The van der Waals surface area contributed by atoms with Crippen molar-refractivity contribution in [2.45, 2.75) is 36.7 Å². The average Bonchev–Trinajstić information content (AvgIpc) is 3.24. The molecule has 1 amide bonds. The monoisotopic (exact) mass is 509 g/mol. The Balaban J connectivity index is 1.63. The lowest BCUT2D eigenvalue weighted by molar-refractivity contribution is -0.148. The molecule has 1 atom stereocenters. The number of unbranched alkanes of at least 4 members (excludes halogenated alkanes) is 1. The van der Waals surface area contributed by atoms with E-state index < -0.39 is 27.6 Å². The maximum atomic E-state index is 13.4. The Morgan fingerprint density at radius 3 is 2.36 bits per heavy atom. The van der Waals surface area contributed by atoms with Crippen molar-refractivity contribution in [3.8, 4) is 0 Å². The Bertz CT molecular complexity index is 1500. The minimum Gasteiger partial charge on any atom is -0.478 e. The third kappa shape index (κ3) is 5.34. The molecule has 0 saturated carbocycles. The van der Waals surface area contributed by atoms with E-state index >= 15 is 0 Å². The average molecular weight is 510 g/mol. The second kappa shape index (κ2) is 10.4. The first-order valence-electron chi connectivity index (χ1n) is 11.5. The highest BCUT2D eigenvalue weighted by atomic mass is 32.2. The van der Waals surface area contributed by atoms with Gasteiger partial charge in [0.05, 0.1) is 11.4 Å². The van der Waals surface area contributed by atoms with Crippen molar-refractivity contribution < 1.29 is 27.5 Å². The number of aliphatic carboxylic acids is 1. The maximum Gasteiger partial charge on any atom is 0.345 e. The smallest absolute Gasteiger partial charge is 0.345 e. The van der Waals surface area contributed by atoms with E-state index in [0.29, 0.717) is 35.1 Å². The van der Waals surface area contributed by atoms with Gasteiger partial charge in [0.25, 0.3) is 0 Å². The van der Waals surface area contributed by atoms with Gasteiger partial charge >= 0.3 is 5.97 Å². The third-order valence-corrected chi connectivity index (χ3v) is 7.31. The summed E-state index contributed by atoms with van der Waals surface area (Å²) in [5.74, 6) is -2.17. The van der Waals surface area contributed by atoms with Gasteiger partial charge in [-0.1, -0.05) is 49.7 Å². The van der Waals surface area contributed by atoms with Crippen molar-refractivity contribution in [1.82, 2.24) is 10.0 Å². The van der Waals surface area contributed by atoms with Crippen LogP contribution in [0.5, 0.6) is 0 Å². The molecule has 0 spiro atoms. The maximum absolute atomic E-state index is 13.4. The minimum atomic E-state index is -4.35. The SMILES string of the molecule is CCCCC(NC(=O)CNc1ccccc1)(NS(=O)(=O)c1ccc2oc3ccccc3c2c1)C(=O)O. The number of furan rings is 1. The summed E-state index contributed by atoms with van der Waals surface area (Å²) in [6.07, 6.45) is 0.834. The first-order chi connectivity index (χ1) is 17.2. The van der Waals surface area contributed by atoms with Crippen LogP contribution in [0.2, 0.25) is 0 Å². The summed E-state index contributed by atoms with van der Waals surface area (Å²) in [5, 5.41) is 16.7. The van der Waals surface area contributed by atoms with E-state index in [2.05, 4.69) is 15.4 Å². The van der Waals surface area contributed by atoms with Gasteiger partial charge in [-0.15, -0.1) is 0 Å². The quantitative estimate of drug-likeness (QED) is 0.224. The number of carboxylic acid groups (broad SMARTS) is 1. The molecule has 0 radical (unpaired) electrons. The predicted octanol–water partition coefficient (Wildman–Crippen LogP) is 4.06. The molecule has 1 aromatic heterocycles. The van der Waals surface area contributed by atoms with E-state index in [1.54, 1.807) is 30.3 Å². The van der Waals surface area contributed by atoms with E-state index in [0.717, 1.165) is 5.39 Å². The molecule has 1 unspecified atom stereocenters. The molecule has 0 aliphatic rings. The molecule has 4 rings (SSSR count). The van der Waals surface area contributed by atoms with Gasteiger partial charge in [0.1, 0.15) is 11.2 Å². The molecule has 4 aromatic rings. The molecule has 0 saturated heterocycles. The lowest BCUT2D eigenvalue weighted by Gasteiger charge is -2.31. The summed E-state index contributed by atoms with van der Waals surface area (Å²) in [6, 6.07) is 20.4. The number of rotatable bonds is 11. The van der Waals surface area contributed by atoms with Crippen LogP contribution in [-0.2, 0) is 19.6 Å². The topological polar surface area (TPSA) is 138 Å². The Labute approximate surface area is 208 Å². The number of carboxylic acids is 1. The number of carbonyl (C=O) groups is 2. The largest absolute Gasteiger partial charge is 0.478 e. The van der Waals surface area contributed by atoms with Crippen molar-refractivity contribution in [3.05, 3.63) is 72.8 Å². The fraction of sp³-hybridized carbons (Fsp3) is 0.231. The van der Waals surface area contributed by atoms with Crippen molar-refractivity contribution in [3.63, 3.8) is 0 Å². The first kappa shape index (κ1) is 25.2. The number of carbonyl (C=O) groups excluding carboxylic acids is 1. The van der Waals surface area contributed by atoms with Crippen molar-refractivity contribution in [2.75, 3.05) is 11.9 Å². The number of anilines is 1. The molecular formula is C26H27N3O6S. The lowest BCUT2D eigenvalue weighted by atomic mass is 10.0. The number of benzene rings is 3. The Morgan fingerprint density at radius 2 is 1.64 bits per heavy atom. The van der Waals surface area contributed by atoms with Gasteiger partial charge in [0.2, 0.25) is 21.6 Å². The van der Waals surface area contributed by atoms with Crippen LogP contribution in [0, 0.1) is 0 Å². The summed E-state index contributed by atoms with van der Waals surface area (Å²) < 4.78 is 34.8. The van der Waals surface area contributed by atoms with E-state index in [-0.39, 0.29) is 17.9 Å². The molecule has 36 heavy (non-hydrogen) atoms. The molecule has 9 nitrogen and oxygen atoms in total. The third-order valence-electron chi connectivity index (χ3n) is 5.82. The van der Waals surface area contributed by atoms with Crippen molar-refractivity contribution in [2.24, 2.45) is 0 Å². The molecule has 3 aromatic carbocycles. The van der Waals surface area contributed by atoms with E-state index in [1.165, 1.54) is 18.2 Å². The van der Waals surface area contributed by atoms with Crippen LogP contribution < -0.4 is 15.4 Å². The fourth-order valence-electron chi connectivity index (χ4n) is 3.97. The standard InChI is InChI=1S/C26H27N3O6S/c1-2-3-15-26(25(31)32,28-24(30)17-27-18-9-5-4-6-10-18)29-36(33,34)19-13-14-23-21(16-19)20-11-7-8-12-22(20)35-23/h4-14,16,27,29H,2-3,15,17H2,1H3,(H,28,30)(H,31,32). The van der Waals surface area contributed by atoms with Crippen LogP contribution in [-0.4, -0.2) is 37.6 Å². The molecule has 188 valence electrons. The molecular weight excluding hydrogens is 482 g/mol. The Morgan fingerprint density at radius 1 is 0.944 bits per heavy atom. The molecule has 1 heterocycles. The van der Waals surface area contributed by atoms with Gasteiger partial charge in [0.15, 0.2) is 0 Å². The Kier molecular flexibility index (Phi) is 7.27. The molecule has 0 aliphatic carbocycles. The number of amides is 1. The zero-order valence-corrected chi connectivity index (χ0v) is 20.5. The molecule has 4 N–H and O–H groups in total. The number of sulfonamides is 1. The lowest BCUT2D eigenvalue weighted by Crippen LogP contribution is -2.66. The van der Waals surface area contributed by atoms with Crippen LogP contribution in [0.15, 0.2) is 82.1 Å². The van der Waals surface area contributed by atoms with Crippen molar-refractivity contribution >= 4 is 49.5 Å². The van der Waals surface area contributed by atoms with Gasteiger partial charge in [-0.2, -0.15) is 4.72 Å². The van der Waals surface area contributed by atoms with E-state index in [9.17, 15) is 23.1 Å². The normalized spacial score (nSPS) is 13.4. The summed E-state index contributed by atoms with van der Waals surface area (Å²) in [7, 11) is -4.35. The zero-order chi connectivity index (χ0) is 25.8. The number of hydrogen-bond donors (Lipinski definition) is 4. The van der Waals surface area contributed by atoms with Gasteiger partial charge in [-0.3, -0.25) is 4.79 Å². The summed E-state index contributed by atoms with van der Waals surface area (Å²) >= 11 is 0. The highest BCUT2D eigenvalue weighted by Gasteiger charge is 2.43. The van der Waals surface area contributed by atoms with E-state index in [1.807, 2.05) is 31.2 Å². The summed E-state index contributed by atoms with van der Waals surface area (Å²) in [4.78, 5) is 25.0. The Hall–Kier alpha value is -3.89. The highest BCUT2D eigenvalue weighted by molar-refractivity contribution is 7.89. The van der Waals surface area contributed by atoms with Crippen LogP contribution in [0.1, 0.15) is 26.2 Å². The van der Waals surface area contributed by atoms with E-state index in [4.69, 9.17) is 4.42 Å². The van der Waals surface area contributed by atoms with Crippen LogP contribution in [0.3, 0.4) is 0 Å². The van der Waals surface area contributed by atoms with Gasteiger partial charge in [0, 0.05) is 16.5 Å². The zero-order valence-electron chi connectivity index (χ0n) is 19.7. The summed E-state index contributed by atoms with van der Waals surface area (Å²) in [6.45, 7) is 1.61. The highest BCUT2D eigenvalue weighted by Crippen LogP contribution is 2.30. The molecule has 0 aliphatic heterocycles. The molecule has 0 bridgehead atoms. The minimum absolute atomic E-state index is 0.133. The van der Waals surface area contributed by atoms with Gasteiger partial charge < -0.3 is 20.2 Å². The number of fused-ring (bicyclic) bond motifs is 3. The van der Waals surface area contributed by atoms with Crippen molar-refractivity contribution in [1.29, 1.82) is 0 Å². The predicted molar refractivity (Wildman–Crippen MR) is 137 cm³/mol. The van der Waals surface area contributed by atoms with Crippen LogP contribution in [0.4, 0.5) is 5.69 Å². The molecule has 10 heteroatoms. The number of hydrogen-bond acceptors (Lipinski definition) is 6. The second-order valence-electron chi connectivity index (χ2n) is 8.44. The fourth-order valence-corrected chi connectivity index (χ4v) is 5.30.